The molecular formula is C19H31F5N2O9. The number of quaternary nitrogens is 2. The Kier molecular flexibility index (Phi) is 17.6. The highest BCUT2D eigenvalue weighted by Gasteiger charge is 2.29. The molecule has 11 nitrogen and oxygen atoms in total. The van der Waals surface area contributed by atoms with E-state index in [0.717, 1.165) is 38.8 Å². The first-order valence-electron chi connectivity index (χ1n) is 10.5. The molecule has 0 aromatic rings. The van der Waals surface area contributed by atoms with Crippen molar-refractivity contribution in [2.75, 3.05) is 26.3 Å². The maximum Gasteiger partial charge on any atom is 0.430 e. The molecule has 0 bridgehead atoms. The summed E-state index contributed by atoms with van der Waals surface area (Å²) in [6.45, 7) is 2.29. The van der Waals surface area contributed by atoms with E-state index >= 15 is 0 Å². The molecule has 0 amide bonds. The number of rotatable bonds is 11. The lowest BCUT2D eigenvalue weighted by Crippen LogP contribution is -2.50. The molecule has 0 aromatic heterocycles. The monoisotopic (exact) mass is 526 g/mol. The number of hydrogen-bond acceptors (Lipinski definition) is 9. The number of hydrogen-bond donors (Lipinski definition) is 2. The second-order valence-electron chi connectivity index (χ2n) is 7.20. The number of ether oxygens (including phenoxy) is 3. The molecule has 1 aliphatic heterocycles. The number of carbonyl (C=O) groups excluding carboxylic acids is 4. The fourth-order valence-corrected chi connectivity index (χ4v) is 2.08. The summed E-state index contributed by atoms with van der Waals surface area (Å²) >= 11 is 0. The number of esters is 2. The average molecular weight is 526 g/mol. The predicted octanol–water partition coefficient (Wildman–Crippen LogP) is -2.65. The molecule has 35 heavy (non-hydrogen) atoms. The van der Waals surface area contributed by atoms with Gasteiger partial charge in [0.2, 0.25) is 0 Å². The number of alkyl halides is 5. The predicted molar refractivity (Wildman–Crippen MR) is 100 cm³/mol. The minimum absolute atomic E-state index is 0.0859. The van der Waals surface area contributed by atoms with Crippen molar-refractivity contribution in [3.63, 3.8) is 0 Å². The molecule has 1 saturated heterocycles. The molecular weight excluding hydrogens is 495 g/mol. The van der Waals surface area contributed by atoms with Crippen LogP contribution in [0.5, 0.6) is 0 Å². The minimum atomic E-state index is -5.19. The van der Waals surface area contributed by atoms with Gasteiger partial charge in [0.15, 0.2) is 0 Å². The normalized spacial score (nSPS) is 17.3. The molecule has 0 unspecified atom stereocenters. The Bertz CT molecular complexity index is 604. The molecule has 2 atom stereocenters. The van der Waals surface area contributed by atoms with Crippen molar-refractivity contribution in [3.05, 3.63) is 0 Å². The van der Waals surface area contributed by atoms with E-state index in [1.54, 1.807) is 0 Å². The van der Waals surface area contributed by atoms with Gasteiger partial charge < -0.3 is 45.5 Å². The summed E-state index contributed by atoms with van der Waals surface area (Å²) in [6.07, 6.45) is -1.41. The third-order valence-electron chi connectivity index (χ3n) is 3.91. The summed E-state index contributed by atoms with van der Waals surface area (Å²) < 4.78 is 69.9. The molecule has 206 valence electrons. The summed E-state index contributed by atoms with van der Waals surface area (Å²) in [4.78, 5) is 40.7. The largest absolute Gasteiger partial charge is 0.544 e. The van der Waals surface area contributed by atoms with Crippen LogP contribution in [0.1, 0.15) is 45.4 Å². The van der Waals surface area contributed by atoms with Crippen molar-refractivity contribution in [2.24, 2.45) is 0 Å². The van der Waals surface area contributed by atoms with Gasteiger partial charge in [0.25, 0.3) is 5.92 Å². The highest BCUT2D eigenvalue weighted by molar-refractivity contribution is 5.72. The quantitative estimate of drug-likeness (QED) is 0.213. The van der Waals surface area contributed by atoms with Crippen LogP contribution in [0.2, 0.25) is 0 Å². The fraction of sp³-hybridized carbons (Fsp3) is 0.789. The van der Waals surface area contributed by atoms with Crippen LogP contribution < -0.4 is 21.7 Å². The molecule has 0 aliphatic carbocycles. The molecule has 6 N–H and O–H groups in total. The summed E-state index contributed by atoms with van der Waals surface area (Å²) in [7, 11) is 0. The van der Waals surface area contributed by atoms with Crippen molar-refractivity contribution < 1.29 is 77.0 Å². The van der Waals surface area contributed by atoms with E-state index in [2.05, 4.69) is 11.5 Å². The summed E-state index contributed by atoms with van der Waals surface area (Å²) in [5, 5.41) is 17.9. The van der Waals surface area contributed by atoms with Gasteiger partial charge in [0.1, 0.15) is 25.2 Å². The maximum absolute atomic E-state index is 11.4. The first kappa shape index (κ1) is 34.6. The Morgan fingerprint density at radius 2 is 1.14 bits per heavy atom. The molecule has 1 fully saturated rings. The van der Waals surface area contributed by atoms with E-state index in [0.29, 0.717) is 12.8 Å². The van der Waals surface area contributed by atoms with Crippen molar-refractivity contribution in [2.45, 2.75) is 69.8 Å². The fourth-order valence-electron chi connectivity index (χ4n) is 2.08. The molecule has 0 aromatic carbocycles. The van der Waals surface area contributed by atoms with Crippen LogP contribution in [0, 0.1) is 0 Å². The molecule has 0 radical (unpaired) electrons. The van der Waals surface area contributed by atoms with E-state index in [1.165, 1.54) is 0 Å². The maximum atomic E-state index is 11.4. The average Bonchev–Trinajstić information content (AvgIpc) is 3.20. The topological polar surface area (TPSA) is 197 Å². The second kappa shape index (κ2) is 17.8. The highest BCUT2D eigenvalue weighted by atomic mass is 19.4. The van der Waals surface area contributed by atoms with Gasteiger partial charge in [-0.15, -0.1) is 0 Å². The van der Waals surface area contributed by atoms with Crippen LogP contribution in [0.4, 0.5) is 22.0 Å². The SMILES string of the molecule is CC(F)(F)C(=O)[O-].O=C([O-])C(F)(F)F.[NH3+]CCCC(=O)OC[C@H]1CC[C@@H](COC(=O)CCC[NH3+])O1. The smallest absolute Gasteiger partial charge is 0.430 e. The van der Waals surface area contributed by atoms with Gasteiger partial charge in [-0.05, 0) is 12.8 Å². The standard InChI is InChI=1S/C14H26N2O5.C3H4F2O2.C2HF3O2/c15-7-1-3-13(17)19-9-11-5-6-12(21-11)10-20-14(18)4-2-8-16;1-3(4,5)2(6)7;3-2(4,5)1(6)7/h11-12H,1-10,15-16H2;1H3,(H,6,7);(H,6,7)/t11-,12+;;. The molecule has 1 aliphatic rings. The van der Waals surface area contributed by atoms with Gasteiger partial charge >= 0.3 is 18.1 Å². The Hall–Kier alpha value is -2.59. The number of carboxylic acid groups (broad SMARTS) is 2. The van der Waals surface area contributed by atoms with Crippen LogP contribution in [0.15, 0.2) is 0 Å². The van der Waals surface area contributed by atoms with Gasteiger partial charge in [0, 0.05) is 19.8 Å². The van der Waals surface area contributed by atoms with Gasteiger partial charge in [-0.1, -0.05) is 0 Å². The number of halogens is 5. The summed E-state index contributed by atoms with van der Waals surface area (Å²) in [6, 6.07) is 0. The van der Waals surface area contributed by atoms with E-state index in [4.69, 9.17) is 34.0 Å². The summed E-state index contributed by atoms with van der Waals surface area (Å²) in [5.41, 5.74) is 7.36. The summed E-state index contributed by atoms with van der Waals surface area (Å²) in [5.74, 6) is -9.45. The Morgan fingerprint density at radius 1 is 0.829 bits per heavy atom. The van der Waals surface area contributed by atoms with E-state index < -0.39 is 24.0 Å². The third-order valence-corrected chi connectivity index (χ3v) is 3.91. The second-order valence-corrected chi connectivity index (χ2v) is 7.20. The zero-order valence-electron chi connectivity index (χ0n) is 19.2. The lowest BCUT2D eigenvalue weighted by molar-refractivity contribution is -0.368. The van der Waals surface area contributed by atoms with E-state index in [9.17, 15) is 31.5 Å². The molecule has 0 spiro atoms. The van der Waals surface area contributed by atoms with Gasteiger partial charge in [0.05, 0.1) is 38.1 Å². The van der Waals surface area contributed by atoms with Gasteiger partial charge in [-0.3, -0.25) is 9.59 Å². The molecule has 1 rings (SSSR count). The number of carbonyl (C=O) groups is 4. The first-order valence-corrected chi connectivity index (χ1v) is 10.5. The Balaban J connectivity index is 0. The lowest BCUT2D eigenvalue weighted by Gasteiger charge is -2.14. The van der Waals surface area contributed by atoms with Crippen molar-refractivity contribution in [1.82, 2.24) is 0 Å². The van der Waals surface area contributed by atoms with Gasteiger partial charge in [-0.25, -0.2) is 8.78 Å². The van der Waals surface area contributed by atoms with Crippen molar-refractivity contribution in [1.29, 1.82) is 0 Å². The molecule has 16 heteroatoms. The number of carboxylic acids is 2. The van der Waals surface area contributed by atoms with Crippen LogP contribution in [0.25, 0.3) is 0 Å². The van der Waals surface area contributed by atoms with E-state index in [1.807, 2.05) is 0 Å². The zero-order valence-corrected chi connectivity index (χ0v) is 19.2. The molecule has 0 saturated carbocycles. The van der Waals surface area contributed by atoms with Crippen LogP contribution in [-0.2, 0) is 33.4 Å². The van der Waals surface area contributed by atoms with E-state index in [-0.39, 0.29) is 44.3 Å². The van der Waals surface area contributed by atoms with Crippen molar-refractivity contribution in [3.8, 4) is 0 Å². The number of aliphatic carboxylic acids is 2. The Labute approximate surface area is 197 Å². The lowest BCUT2D eigenvalue weighted by atomic mass is 10.2. The Morgan fingerprint density at radius 3 is 1.37 bits per heavy atom. The van der Waals surface area contributed by atoms with Gasteiger partial charge in [-0.2, -0.15) is 13.2 Å². The third kappa shape index (κ3) is 20.5. The van der Waals surface area contributed by atoms with Crippen molar-refractivity contribution >= 4 is 23.9 Å². The molecule has 1 heterocycles. The first-order chi connectivity index (χ1) is 16.0. The minimum Gasteiger partial charge on any atom is -0.544 e. The van der Waals surface area contributed by atoms with Crippen LogP contribution >= 0.6 is 0 Å². The highest BCUT2D eigenvalue weighted by Crippen LogP contribution is 2.20. The van der Waals surface area contributed by atoms with Crippen LogP contribution in [0.3, 0.4) is 0 Å². The zero-order chi connectivity index (χ0) is 27.7. The van der Waals surface area contributed by atoms with Crippen LogP contribution in [-0.4, -0.2) is 74.5 Å².